The first-order valence-electron chi connectivity index (χ1n) is 6.18. The van der Waals surface area contributed by atoms with Crippen molar-refractivity contribution in [2.45, 2.75) is 4.90 Å². The normalized spacial score (nSPS) is 11.2. The van der Waals surface area contributed by atoms with Crippen molar-refractivity contribution in [1.82, 2.24) is 4.31 Å². The fraction of sp³-hybridized carbons (Fsp3) is 0.417. The molecule has 134 valence electrons. The molecule has 0 atom stereocenters. The average Bonchev–Trinajstić information content (AvgIpc) is 2.95. The van der Waals surface area contributed by atoms with Crippen LogP contribution in [0, 0.1) is 0 Å². The number of rotatable bonds is 7. The maximum atomic E-state index is 12.7. The zero-order chi connectivity index (χ0) is 18.5. The minimum atomic E-state index is -4.42. The zero-order valence-electron chi connectivity index (χ0n) is 12.9. The van der Waals surface area contributed by atoms with Gasteiger partial charge in [-0.2, -0.15) is 4.31 Å². The van der Waals surface area contributed by atoms with Crippen molar-refractivity contribution < 1.29 is 37.0 Å². The highest BCUT2D eigenvalue weighted by Gasteiger charge is 2.34. The Labute approximate surface area is 147 Å². The molecule has 0 radical (unpaired) electrons. The molecule has 0 saturated heterocycles. The first-order valence-corrected chi connectivity index (χ1v) is 8.82. The molecule has 0 saturated carbocycles. The summed E-state index contributed by atoms with van der Waals surface area (Å²) >= 11 is 6.48. The summed E-state index contributed by atoms with van der Waals surface area (Å²) in [7, 11) is -1.22. The summed E-state index contributed by atoms with van der Waals surface area (Å²) in [5.74, 6) is -2.71. The number of sulfonamides is 1. The lowest BCUT2D eigenvalue weighted by Crippen LogP contribution is -2.40. The fourth-order valence-electron chi connectivity index (χ4n) is 1.55. The number of carbonyl (C=O) groups is 3. The molecule has 0 unspecified atom stereocenters. The topological polar surface area (TPSA) is 116 Å². The molecule has 1 rings (SSSR count). The number of methoxy groups -OCH3 is 3. The molecule has 0 spiro atoms. The van der Waals surface area contributed by atoms with Crippen molar-refractivity contribution in [2.75, 3.05) is 34.4 Å². The first kappa shape index (κ1) is 20.4. The predicted molar refractivity (Wildman–Crippen MR) is 83.5 cm³/mol. The van der Waals surface area contributed by atoms with Crippen molar-refractivity contribution in [2.24, 2.45) is 0 Å². The van der Waals surface area contributed by atoms with Gasteiger partial charge in [0.1, 0.15) is 22.9 Å². The molecule has 0 aromatic carbocycles. The molecule has 0 aliphatic heterocycles. The quantitative estimate of drug-likeness (QED) is 0.481. The SMILES string of the molecule is COC(=O)CN(CC(=O)OC)S(=O)(=O)c1cc(Cl)sc1C(=O)OC. The standard InChI is InChI=1S/C12H14ClNO8S2/c1-20-9(15)5-14(6-10(16)21-2)24(18,19)7-4-8(13)23-11(7)12(17)22-3/h4H,5-6H2,1-3H3. The van der Waals surface area contributed by atoms with Crippen molar-refractivity contribution >= 4 is 50.9 Å². The lowest BCUT2D eigenvalue weighted by atomic mass is 10.5. The average molecular weight is 400 g/mol. The molecular formula is C12H14ClNO8S2. The van der Waals surface area contributed by atoms with E-state index in [1.807, 2.05) is 0 Å². The molecule has 1 heterocycles. The Morgan fingerprint density at radius 1 is 1.08 bits per heavy atom. The van der Waals surface area contributed by atoms with Crippen LogP contribution in [-0.2, 0) is 33.8 Å². The first-order chi connectivity index (χ1) is 11.2. The summed E-state index contributed by atoms with van der Waals surface area (Å²) in [4.78, 5) is 33.9. The van der Waals surface area contributed by atoms with Crippen LogP contribution in [0.3, 0.4) is 0 Å². The second-order valence-corrected chi connectivity index (χ2v) is 7.75. The van der Waals surface area contributed by atoms with Gasteiger partial charge in [0.05, 0.1) is 25.7 Å². The van der Waals surface area contributed by atoms with E-state index in [0.717, 1.165) is 27.4 Å². The Morgan fingerprint density at radius 3 is 2.00 bits per heavy atom. The van der Waals surface area contributed by atoms with Crippen LogP contribution in [0.5, 0.6) is 0 Å². The molecule has 12 heteroatoms. The lowest BCUT2D eigenvalue weighted by molar-refractivity contribution is -0.143. The van der Waals surface area contributed by atoms with Crippen LogP contribution in [0.4, 0.5) is 0 Å². The Morgan fingerprint density at radius 2 is 1.58 bits per heavy atom. The van der Waals surface area contributed by atoms with Crippen LogP contribution in [0.25, 0.3) is 0 Å². The highest BCUT2D eigenvalue weighted by Crippen LogP contribution is 2.32. The highest BCUT2D eigenvalue weighted by molar-refractivity contribution is 7.89. The van der Waals surface area contributed by atoms with Crippen molar-refractivity contribution in [3.63, 3.8) is 0 Å². The zero-order valence-corrected chi connectivity index (χ0v) is 15.3. The van der Waals surface area contributed by atoms with E-state index >= 15 is 0 Å². The van der Waals surface area contributed by atoms with Crippen molar-refractivity contribution in [3.05, 3.63) is 15.3 Å². The van der Waals surface area contributed by atoms with Gasteiger partial charge in [-0.25, -0.2) is 13.2 Å². The fourth-order valence-corrected chi connectivity index (χ4v) is 4.59. The number of hydrogen-bond donors (Lipinski definition) is 0. The van der Waals surface area contributed by atoms with E-state index in [-0.39, 0.29) is 9.21 Å². The molecule has 24 heavy (non-hydrogen) atoms. The number of hydrogen-bond acceptors (Lipinski definition) is 9. The number of carbonyl (C=O) groups excluding carboxylic acids is 3. The molecule has 0 bridgehead atoms. The molecule has 0 aliphatic carbocycles. The van der Waals surface area contributed by atoms with Crippen LogP contribution in [-0.4, -0.2) is 65.0 Å². The number of nitrogens with zero attached hydrogens (tertiary/aromatic N) is 1. The molecule has 1 aromatic heterocycles. The maximum absolute atomic E-state index is 12.7. The molecule has 0 amide bonds. The predicted octanol–water partition coefficient (Wildman–Crippen LogP) is 0.525. The van der Waals surface area contributed by atoms with E-state index in [2.05, 4.69) is 14.2 Å². The minimum absolute atomic E-state index is 0.0186. The molecule has 0 fully saturated rings. The smallest absolute Gasteiger partial charge is 0.349 e. The van der Waals surface area contributed by atoms with Gasteiger partial charge in [0.25, 0.3) is 0 Å². The number of esters is 3. The van der Waals surface area contributed by atoms with E-state index < -0.39 is 45.9 Å². The summed E-state index contributed by atoms with van der Waals surface area (Å²) < 4.78 is 39.4. The third kappa shape index (κ3) is 4.66. The summed E-state index contributed by atoms with van der Waals surface area (Å²) in [6.45, 7) is -1.50. The minimum Gasteiger partial charge on any atom is -0.468 e. The van der Waals surface area contributed by atoms with Crippen LogP contribution in [0.2, 0.25) is 4.34 Å². The van der Waals surface area contributed by atoms with E-state index in [1.54, 1.807) is 0 Å². The Bertz CT molecular complexity index is 724. The van der Waals surface area contributed by atoms with Gasteiger partial charge in [0.15, 0.2) is 0 Å². The summed E-state index contributed by atoms with van der Waals surface area (Å²) in [6.07, 6.45) is 0. The van der Waals surface area contributed by atoms with Crippen LogP contribution >= 0.6 is 22.9 Å². The number of halogens is 1. The van der Waals surface area contributed by atoms with Gasteiger partial charge < -0.3 is 14.2 Å². The molecule has 1 aromatic rings. The Balaban J connectivity index is 3.37. The third-order valence-corrected chi connectivity index (χ3v) is 5.91. The van der Waals surface area contributed by atoms with E-state index in [0.29, 0.717) is 15.6 Å². The van der Waals surface area contributed by atoms with Crippen molar-refractivity contribution in [1.29, 1.82) is 0 Å². The Hall–Kier alpha value is -1.69. The molecule has 0 N–H and O–H groups in total. The van der Waals surface area contributed by atoms with E-state index in [1.165, 1.54) is 0 Å². The number of thiophene rings is 1. The molecular weight excluding hydrogens is 386 g/mol. The summed E-state index contributed by atoms with van der Waals surface area (Å²) in [6, 6.07) is 1.04. The number of ether oxygens (including phenoxy) is 3. The monoisotopic (exact) mass is 399 g/mol. The summed E-state index contributed by atoms with van der Waals surface area (Å²) in [5.41, 5.74) is 0. The third-order valence-electron chi connectivity index (χ3n) is 2.72. The van der Waals surface area contributed by atoms with Crippen molar-refractivity contribution in [3.8, 4) is 0 Å². The second-order valence-electron chi connectivity index (χ2n) is 4.16. The Kier molecular flexibility index (Phi) is 7.14. The van der Waals surface area contributed by atoms with Gasteiger partial charge in [-0.3, -0.25) is 9.59 Å². The van der Waals surface area contributed by atoms with Gasteiger partial charge in [-0.05, 0) is 6.07 Å². The highest BCUT2D eigenvalue weighted by atomic mass is 35.5. The largest absolute Gasteiger partial charge is 0.468 e. The van der Waals surface area contributed by atoms with Gasteiger partial charge in [-0.1, -0.05) is 11.6 Å². The molecule has 9 nitrogen and oxygen atoms in total. The van der Waals surface area contributed by atoms with Gasteiger partial charge >= 0.3 is 17.9 Å². The second kappa shape index (κ2) is 8.42. The van der Waals surface area contributed by atoms with Gasteiger partial charge in [-0.15, -0.1) is 11.3 Å². The van der Waals surface area contributed by atoms with Gasteiger partial charge in [0.2, 0.25) is 10.0 Å². The van der Waals surface area contributed by atoms with Crippen LogP contribution in [0.1, 0.15) is 9.67 Å². The van der Waals surface area contributed by atoms with E-state index in [4.69, 9.17) is 11.6 Å². The van der Waals surface area contributed by atoms with Gasteiger partial charge in [0, 0.05) is 0 Å². The van der Waals surface area contributed by atoms with Crippen LogP contribution in [0.15, 0.2) is 11.0 Å². The maximum Gasteiger partial charge on any atom is 0.349 e. The summed E-state index contributed by atoms with van der Waals surface area (Å²) in [5, 5.41) is 0. The van der Waals surface area contributed by atoms with Crippen LogP contribution < -0.4 is 0 Å². The lowest BCUT2D eigenvalue weighted by Gasteiger charge is -2.19. The molecule has 0 aliphatic rings. The van der Waals surface area contributed by atoms with E-state index in [9.17, 15) is 22.8 Å².